The van der Waals surface area contributed by atoms with Crippen LogP contribution < -0.4 is 0 Å². The zero-order valence-electron chi connectivity index (χ0n) is 27.0. The lowest BCUT2D eigenvalue weighted by Crippen LogP contribution is -2.41. The second kappa shape index (κ2) is 29.1. The molecule has 0 aliphatic carbocycles. The van der Waals surface area contributed by atoms with Crippen molar-refractivity contribution in [3.63, 3.8) is 0 Å². The molecule has 0 aromatic carbocycles. The lowest BCUT2D eigenvalue weighted by molar-refractivity contribution is -0.202. The van der Waals surface area contributed by atoms with E-state index in [1.165, 1.54) is 70.6 Å². The van der Waals surface area contributed by atoms with Crippen molar-refractivity contribution in [2.24, 2.45) is 0 Å². The molecule has 1 atom stereocenters. The fraction of sp³-hybridized carbons (Fsp3) is 0.882. The summed E-state index contributed by atoms with van der Waals surface area (Å²) < 4.78 is 0. The van der Waals surface area contributed by atoms with E-state index < -0.39 is 5.97 Å². The van der Waals surface area contributed by atoms with Crippen LogP contribution in [0, 0.1) is 0 Å². The molecule has 0 spiro atoms. The van der Waals surface area contributed by atoms with Crippen molar-refractivity contribution in [2.45, 2.75) is 168 Å². The first-order valence-corrected chi connectivity index (χ1v) is 16.9. The fourth-order valence-electron chi connectivity index (χ4n) is 5.08. The molecular formula is C34H66N2O4. The first-order chi connectivity index (χ1) is 19.4. The van der Waals surface area contributed by atoms with Gasteiger partial charge in [-0.05, 0) is 65.6 Å². The minimum atomic E-state index is -0.717. The Hall–Kier alpha value is -1.40. The molecule has 0 fully saturated rings. The van der Waals surface area contributed by atoms with Crippen molar-refractivity contribution in [3.05, 3.63) is 12.2 Å². The number of carboxylic acid groups (broad SMARTS) is 1. The van der Waals surface area contributed by atoms with Gasteiger partial charge < -0.3 is 10.0 Å². The van der Waals surface area contributed by atoms with Crippen molar-refractivity contribution in [1.82, 2.24) is 9.96 Å². The van der Waals surface area contributed by atoms with E-state index in [0.717, 1.165) is 70.8 Å². The van der Waals surface area contributed by atoms with Gasteiger partial charge in [-0.2, -0.15) is 0 Å². The van der Waals surface area contributed by atoms with Crippen molar-refractivity contribution >= 4 is 11.9 Å². The Morgan fingerprint density at radius 3 is 1.77 bits per heavy atom. The molecule has 0 saturated carbocycles. The van der Waals surface area contributed by atoms with Crippen LogP contribution in [-0.2, 0) is 14.4 Å². The van der Waals surface area contributed by atoms with Crippen molar-refractivity contribution in [1.29, 1.82) is 0 Å². The standard InChI is InChI=1S/C34H66N2O4/c1-5-7-9-11-13-15-17-21-26-32(27-22-18-19-23-29-34(38)39)36(33(37)28-25-30-35(3)4)40-31-24-20-16-14-12-10-8-6-2/h16,20,32H,5-15,17-19,21-31H2,1-4H3,(H,38,39). The van der Waals surface area contributed by atoms with Gasteiger partial charge in [-0.25, -0.2) is 5.06 Å². The summed E-state index contributed by atoms with van der Waals surface area (Å²) in [6.07, 6.45) is 28.9. The molecule has 0 rings (SSSR count). The maximum absolute atomic E-state index is 13.4. The molecule has 6 nitrogen and oxygen atoms in total. The summed E-state index contributed by atoms with van der Waals surface area (Å²) >= 11 is 0. The third kappa shape index (κ3) is 25.6. The number of rotatable bonds is 30. The number of amides is 1. The molecule has 0 heterocycles. The number of hydrogen-bond acceptors (Lipinski definition) is 4. The number of allylic oxidation sites excluding steroid dienone is 1. The average molecular weight is 567 g/mol. The van der Waals surface area contributed by atoms with E-state index in [0.29, 0.717) is 13.0 Å². The van der Waals surface area contributed by atoms with Gasteiger partial charge in [0.2, 0.25) is 5.91 Å². The van der Waals surface area contributed by atoms with E-state index in [-0.39, 0.29) is 18.4 Å². The summed E-state index contributed by atoms with van der Waals surface area (Å²) in [4.78, 5) is 32.6. The molecule has 40 heavy (non-hydrogen) atoms. The number of nitrogens with zero attached hydrogens (tertiary/aromatic N) is 2. The number of carboxylic acids is 1. The summed E-state index contributed by atoms with van der Waals surface area (Å²) in [7, 11) is 4.09. The quantitative estimate of drug-likeness (QED) is 0.0533. The number of carbonyl (C=O) groups excluding carboxylic acids is 1. The Labute approximate surface area is 248 Å². The summed E-state index contributed by atoms with van der Waals surface area (Å²) in [5, 5.41) is 10.7. The van der Waals surface area contributed by atoms with Gasteiger partial charge in [0.05, 0.1) is 12.6 Å². The highest BCUT2D eigenvalue weighted by Crippen LogP contribution is 2.21. The van der Waals surface area contributed by atoms with Gasteiger partial charge >= 0.3 is 5.97 Å². The minimum Gasteiger partial charge on any atom is -0.481 e. The topological polar surface area (TPSA) is 70.1 Å². The van der Waals surface area contributed by atoms with Crippen LogP contribution in [0.5, 0.6) is 0 Å². The molecule has 1 N–H and O–H groups in total. The largest absolute Gasteiger partial charge is 0.481 e. The smallest absolute Gasteiger partial charge is 0.303 e. The third-order valence-corrected chi connectivity index (χ3v) is 7.55. The van der Waals surface area contributed by atoms with E-state index in [9.17, 15) is 9.59 Å². The second-order valence-corrected chi connectivity index (χ2v) is 11.8. The maximum atomic E-state index is 13.4. The second-order valence-electron chi connectivity index (χ2n) is 11.8. The van der Waals surface area contributed by atoms with Crippen molar-refractivity contribution in [3.8, 4) is 0 Å². The van der Waals surface area contributed by atoms with Crippen LogP contribution in [0.4, 0.5) is 0 Å². The van der Waals surface area contributed by atoms with Gasteiger partial charge in [0.1, 0.15) is 0 Å². The Morgan fingerprint density at radius 1 is 0.675 bits per heavy atom. The molecule has 0 aromatic rings. The zero-order valence-corrected chi connectivity index (χ0v) is 27.0. The molecule has 0 saturated heterocycles. The average Bonchev–Trinajstić information content (AvgIpc) is 2.91. The normalized spacial score (nSPS) is 12.4. The Kier molecular flexibility index (Phi) is 28.1. The SMILES string of the molecule is CCCCCCC=CCCON(C(=O)CCCN(C)C)C(CCCCCCCCCC)CCCCCCC(=O)O. The summed E-state index contributed by atoms with van der Waals surface area (Å²) in [6, 6.07) is 0.101. The molecule has 6 heteroatoms. The molecule has 0 aliphatic rings. The van der Waals surface area contributed by atoms with Crippen LogP contribution >= 0.6 is 0 Å². The van der Waals surface area contributed by atoms with Crippen LogP contribution in [-0.4, -0.2) is 60.2 Å². The molecule has 1 unspecified atom stereocenters. The van der Waals surface area contributed by atoms with Crippen LogP contribution in [0.25, 0.3) is 0 Å². The molecule has 1 amide bonds. The van der Waals surface area contributed by atoms with E-state index in [2.05, 4.69) is 30.9 Å². The first-order valence-electron chi connectivity index (χ1n) is 16.9. The van der Waals surface area contributed by atoms with E-state index in [1.54, 1.807) is 5.06 Å². The molecular weight excluding hydrogens is 500 g/mol. The summed E-state index contributed by atoms with van der Waals surface area (Å²) in [6.45, 7) is 5.93. The van der Waals surface area contributed by atoms with Gasteiger partial charge in [0.25, 0.3) is 0 Å². The Balaban J connectivity index is 4.99. The van der Waals surface area contributed by atoms with E-state index in [1.807, 2.05) is 14.1 Å². The number of aliphatic carboxylic acids is 1. The first kappa shape index (κ1) is 38.6. The van der Waals surface area contributed by atoms with Crippen LogP contribution in [0.3, 0.4) is 0 Å². The molecule has 0 bridgehead atoms. The zero-order chi connectivity index (χ0) is 29.7. The van der Waals surface area contributed by atoms with Gasteiger partial charge in [-0.1, -0.05) is 116 Å². The summed E-state index contributed by atoms with van der Waals surface area (Å²) in [5.74, 6) is -0.605. The highest BCUT2D eigenvalue weighted by atomic mass is 16.7. The van der Waals surface area contributed by atoms with Gasteiger partial charge in [-0.15, -0.1) is 0 Å². The Morgan fingerprint density at radius 2 is 1.20 bits per heavy atom. The number of hydroxylamine groups is 2. The molecule has 236 valence electrons. The lowest BCUT2D eigenvalue weighted by atomic mass is 9.99. The molecule has 0 radical (unpaired) electrons. The van der Waals surface area contributed by atoms with E-state index >= 15 is 0 Å². The predicted octanol–water partition coefficient (Wildman–Crippen LogP) is 9.33. The van der Waals surface area contributed by atoms with Crippen LogP contribution in [0.15, 0.2) is 12.2 Å². The molecule has 0 aromatic heterocycles. The van der Waals surface area contributed by atoms with Crippen molar-refractivity contribution < 1.29 is 19.5 Å². The number of carbonyl (C=O) groups is 2. The molecule has 0 aliphatic heterocycles. The summed E-state index contributed by atoms with van der Waals surface area (Å²) in [5.41, 5.74) is 0. The monoisotopic (exact) mass is 567 g/mol. The maximum Gasteiger partial charge on any atom is 0.303 e. The lowest BCUT2D eigenvalue weighted by Gasteiger charge is -2.31. The highest BCUT2D eigenvalue weighted by molar-refractivity contribution is 5.75. The fourth-order valence-corrected chi connectivity index (χ4v) is 5.08. The third-order valence-electron chi connectivity index (χ3n) is 7.55. The number of hydrogen-bond donors (Lipinski definition) is 1. The highest BCUT2D eigenvalue weighted by Gasteiger charge is 2.24. The number of unbranched alkanes of at least 4 members (excludes halogenated alkanes) is 14. The van der Waals surface area contributed by atoms with Gasteiger partial charge in [0, 0.05) is 12.8 Å². The predicted molar refractivity (Wildman–Crippen MR) is 169 cm³/mol. The minimum absolute atomic E-state index is 0.101. The van der Waals surface area contributed by atoms with Crippen molar-refractivity contribution in [2.75, 3.05) is 27.2 Å². The van der Waals surface area contributed by atoms with Gasteiger partial charge in [0.15, 0.2) is 0 Å². The van der Waals surface area contributed by atoms with Crippen LogP contribution in [0.2, 0.25) is 0 Å². The van der Waals surface area contributed by atoms with Gasteiger partial charge in [-0.3, -0.25) is 14.4 Å². The van der Waals surface area contributed by atoms with E-state index in [4.69, 9.17) is 9.94 Å². The van der Waals surface area contributed by atoms with Crippen LogP contribution in [0.1, 0.15) is 162 Å². The Bertz CT molecular complexity index is 609.